The molecule has 0 spiro atoms. The molecule has 0 saturated carbocycles. The lowest BCUT2D eigenvalue weighted by atomic mass is 9.88. The molecule has 2 aromatic heterocycles. The Bertz CT molecular complexity index is 896. The molecule has 0 unspecified atom stereocenters. The van der Waals surface area contributed by atoms with Crippen molar-refractivity contribution in [2.45, 2.75) is 38.3 Å². The summed E-state index contributed by atoms with van der Waals surface area (Å²) in [7, 11) is 0. The number of hydrogen-bond acceptors (Lipinski definition) is 7. The number of carbonyl (C=O) groups excluding carboxylic acids is 1. The molecule has 1 saturated heterocycles. The summed E-state index contributed by atoms with van der Waals surface area (Å²) in [6, 6.07) is 0.686. The minimum absolute atomic E-state index is 0.0364. The van der Waals surface area contributed by atoms with Crippen LogP contribution in [0.5, 0.6) is 0 Å². The second-order valence-corrected chi connectivity index (χ2v) is 6.47. The molecule has 0 bridgehead atoms. The number of aliphatic hydroxyl groups is 1. The number of nitrogens with zero attached hydrogens (tertiary/aromatic N) is 4. The molecule has 0 radical (unpaired) electrons. The van der Waals surface area contributed by atoms with Crippen LogP contribution >= 0.6 is 0 Å². The van der Waals surface area contributed by atoms with E-state index in [4.69, 9.17) is 0 Å². The molecule has 2 N–H and O–H groups in total. The van der Waals surface area contributed by atoms with Crippen LogP contribution in [-0.2, 0) is 11.2 Å². The normalized spacial score (nSPS) is 23.6. The van der Waals surface area contributed by atoms with Crippen LogP contribution in [0.2, 0.25) is 0 Å². The van der Waals surface area contributed by atoms with Crippen LogP contribution in [0.4, 0.5) is 0 Å². The quantitative estimate of drug-likeness (QED) is 0.725. The first kappa shape index (κ1) is 17.1. The third kappa shape index (κ3) is 3.38. The fraction of sp³-hybridized carbons (Fsp3) is 0.533. The zero-order valence-electron chi connectivity index (χ0n) is 13.9. The van der Waals surface area contributed by atoms with Crippen LogP contribution in [-0.4, -0.2) is 54.5 Å². The zero-order valence-corrected chi connectivity index (χ0v) is 13.9. The predicted molar refractivity (Wildman–Crippen MR) is 84.9 cm³/mol. The monoisotopic (exact) mass is 349 g/mol. The van der Waals surface area contributed by atoms with Crippen molar-refractivity contribution >= 4 is 5.91 Å². The van der Waals surface area contributed by atoms with Crippen molar-refractivity contribution < 1.29 is 14.5 Å². The Balaban J connectivity index is 1.76. The number of likely N-dealkylation sites (tertiary alicyclic amines) is 1. The zero-order chi connectivity index (χ0) is 18.2. The summed E-state index contributed by atoms with van der Waals surface area (Å²) in [4.78, 5) is 39.3. The molecule has 1 fully saturated rings. The molecule has 10 heteroatoms. The van der Waals surface area contributed by atoms with Gasteiger partial charge in [-0.3, -0.25) is 19.1 Å². The number of carbonyl (C=O) groups is 1. The first-order chi connectivity index (χ1) is 11.8. The van der Waals surface area contributed by atoms with Crippen LogP contribution in [0.1, 0.15) is 30.8 Å². The fourth-order valence-electron chi connectivity index (χ4n) is 3.15. The summed E-state index contributed by atoms with van der Waals surface area (Å²) < 4.78 is 5.89. The topological polar surface area (TPSA) is 134 Å². The summed E-state index contributed by atoms with van der Waals surface area (Å²) in [6.07, 6.45) is 1.78. The molecule has 2 aromatic rings. The third-order valence-electron chi connectivity index (χ3n) is 4.51. The number of rotatable bonds is 3. The average Bonchev–Trinajstić information content (AvgIpc) is 2.92. The van der Waals surface area contributed by atoms with Gasteiger partial charge in [0, 0.05) is 18.8 Å². The van der Waals surface area contributed by atoms with Crippen molar-refractivity contribution in [1.82, 2.24) is 24.8 Å². The van der Waals surface area contributed by atoms with Gasteiger partial charge in [-0.1, -0.05) is 10.3 Å². The fourth-order valence-corrected chi connectivity index (χ4v) is 3.15. The van der Waals surface area contributed by atoms with Gasteiger partial charge in [0.1, 0.15) is 17.0 Å². The molecule has 134 valence electrons. The third-order valence-corrected chi connectivity index (χ3v) is 4.51. The van der Waals surface area contributed by atoms with Crippen LogP contribution < -0.4 is 11.2 Å². The number of hydrogen-bond donors (Lipinski definition) is 2. The molecule has 25 heavy (non-hydrogen) atoms. The molecule has 1 aliphatic heterocycles. The van der Waals surface area contributed by atoms with Crippen molar-refractivity contribution in [2.75, 3.05) is 13.1 Å². The Hall–Kier alpha value is -2.75. The van der Waals surface area contributed by atoms with E-state index in [9.17, 15) is 19.5 Å². The van der Waals surface area contributed by atoms with Crippen molar-refractivity contribution in [1.29, 1.82) is 0 Å². The van der Waals surface area contributed by atoms with E-state index in [0.29, 0.717) is 24.4 Å². The lowest BCUT2D eigenvalue weighted by Gasteiger charge is -2.43. The van der Waals surface area contributed by atoms with Gasteiger partial charge in [0.15, 0.2) is 0 Å². The molecule has 0 aromatic carbocycles. The molecule has 1 amide bonds. The standard InChI is InChI=1S/C15H19N5O5/c1-9-10(18-25-17-9)7-13(22)19-5-3-11(15(2,24)8-19)20-6-4-12(21)16-14(20)23/h4,6,11,24H,3,5,7-8H2,1-2H3,(H,16,21,23)/t11-,15-/m1/s1. The van der Waals surface area contributed by atoms with Crippen molar-refractivity contribution in [3.05, 3.63) is 44.5 Å². The number of nitrogens with one attached hydrogen (secondary N) is 1. The van der Waals surface area contributed by atoms with E-state index >= 15 is 0 Å². The van der Waals surface area contributed by atoms with Crippen molar-refractivity contribution in [3.63, 3.8) is 0 Å². The summed E-state index contributed by atoms with van der Waals surface area (Å²) in [6.45, 7) is 3.70. The highest BCUT2D eigenvalue weighted by Crippen LogP contribution is 2.30. The van der Waals surface area contributed by atoms with Gasteiger partial charge in [-0.2, -0.15) is 0 Å². The van der Waals surface area contributed by atoms with Gasteiger partial charge in [-0.15, -0.1) is 0 Å². The van der Waals surface area contributed by atoms with Crippen LogP contribution in [0.25, 0.3) is 0 Å². The molecular formula is C15H19N5O5. The largest absolute Gasteiger partial charge is 0.386 e. The van der Waals surface area contributed by atoms with E-state index in [2.05, 4.69) is 19.9 Å². The van der Waals surface area contributed by atoms with Gasteiger partial charge in [-0.25, -0.2) is 9.42 Å². The molecule has 3 heterocycles. The van der Waals surface area contributed by atoms with Crippen LogP contribution in [0.15, 0.2) is 26.5 Å². The van der Waals surface area contributed by atoms with Gasteiger partial charge in [-0.05, 0) is 20.3 Å². The Morgan fingerprint density at radius 1 is 1.48 bits per heavy atom. The first-order valence-corrected chi connectivity index (χ1v) is 7.87. The predicted octanol–water partition coefficient (Wildman–Crippen LogP) is -1.00. The maximum Gasteiger partial charge on any atom is 0.328 e. The Morgan fingerprint density at radius 3 is 2.84 bits per heavy atom. The number of aromatic amines is 1. The Labute approximate surface area is 142 Å². The summed E-state index contributed by atoms with van der Waals surface area (Å²) >= 11 is 0. The van der Waals surface area contributed by atoms with Gasteiger partial charge >= 0.3 is 5.69 Å². The highest BCUT2D eigenvalue weighted by atomic mass is 16.6. The highest BCUT2D eigenvalue weighted by molar-refractivity contribution is 5.78. The number of aryl methyl sites for hydroxylation is 1. The smallest absolute Gasteiger partial charge is 0.328 e. The molecule has 2 atom stereocenters. The van der Waals surface area contributed by atoms with E-state index in [0.717, 1.165) is 0 Å². The van der Waals surface area contributed by atoms with Crippen LogP contribution in [0, 0.1) is 6.92 Å². The van der Waals surface area contributed by atoms with E-state index < -0.39 is 22.9 Å². The van der Waals surface area contributed by atoms with E-state index in [1.54, 1.807) is 13.8 Å². The second-order valence-electron chi connectivity index (χ2n) is 6.47. The van der Waals surface area contributed by atoms with Gasteiger partial charge in [0.25, 0.3) is 5.56 Å². The molecule has 10 nitrogen and oxygen atoms in total. The van der Waals surface area contributed by atoms with Gasteiger partial charge in [0.05, 0.1) is 19.0 Å². The Morgan fingerprint density at radius 2 is 2.24 bits per heavy atom. The number of piperidine rings is 1. The van der Waals surface area contributed by atoms with E-state index in [1.165, 1.54) is 21.7 Å². The summed E-state index contributed by atoms with van der Waals surface area (Å²) in [5, 5.41) is 18.1. The number of aromatic nitrogens is 4. The molecule has 0 aliphatic carbocycles. The van der Waals surface area contributed by atoms with Crippen LogP contribution in [0.3, 0.4) is 0 Å². The Kier molecular flexibility index (Phi) is 4.29. The maximum atomic E-state index is 12.4. The van der Waals surface area contributed by atoms with E-state index in [1.807, 2.05) is 0 Å². The lowest BCUT2D eigenvalue weighted by molar-refractivity contribution is -0.140. The first-order valence-electron chi connectivity index (χ1n) is 7.87. The van der Waals surface area contributed by atoms with E-state index in [-0.39, 0.29) is 18.9 Å². The molecule has 3 rings (SSSR count). The molecule has 1 aliphatic rings. The lowest BCUT2D eigenvalue weighted by Crippen LogP contribution is -2.56. The minimum atomic E-state index is -1.33. The van der Waals surface area contributed by atoms with Crippen molar-refractivity contribution in [2.24, 2.45) is 0 Å². The van der Waals surface area contributed by atoms with Crippen molar-refractivity contribution in [3.8, 4) is 0 Å². The minimum Gasteiger partial charge on any atom is -0.386 e. The summed E-state index contributed by atoms with van der Waals surface area (Å²) in [5.74, 6) is -0.202. The SMILES string of the molecule is Cc1nonc1CC(=O)N1CC[C@@H](n2ccc(=O)[nH]c2=O)[C@](C)(O)C1. The second kappa shape index (κ2) is 6.28. The maximum absolute atomic E-state index is 12.4. The van der Waals surface area contributed by atoms with Gasteiger partial charge < -0.3 is 10.0 Å². The number of β-amino-alcohol motifs (C(OH)–C–C–N with tert-alkyl or cyclic N) is 1. The average molecular weight is 349 g/mol. The van der Waals surface area contributed by atoms with Gasteiger partial charge in [0.2, 0.25) is 5.91 Å². The summed E-state index contributed by atoms with van der Waals surface area (Å²) in [5.41, 5.74) is -1.39. The highest BCUT2D eigenvalue weighted by Gasteiger charge is 2.41. The molecular weight excluding hydrogens is 330 g/mol. The number of amides is 1. The number of H-pyrrole nitrogens is 1.